The molecule has 0 unspecified atom stereocenters. The number of nitrogens with one attached hydrogen (secondary N) is 1. The summed E-state index contributed by atoms with van der Waals surface area (Å²) in [7, 11) is 0. The van der Waals surface area contributed by atoms with Crippen LogP contribution < -0.4 is 5.32 Å². The third kappa shape index (κ3) is 3.08. The largest absolute Gasteiger partial charge is 0.391 e. The van der Waals surface area contributed by atoms with Gasteiger partial charge in [-0.3, -0.25) is 9.69 Å². The van der Waals surface area contributed by atoms with Gasteiger partial charge in [-0.25, -0.2) is 0 Å². The van der Waals surface area contributed by atoms with Gasteiger partial charge in [0, 0.05) is 19.5 Å². The number of hydrogen-bond acceptors (Lipinski definition) is 5. The summed E-state index contributed by atoms with van der Waals surface area (Å²) in [6, 6.07) is -0.861. The van der Waals surface area contributed by atoms with Crippen LogP contribution >= 0.6 is 0 Å². The Kier molecular flexibility index (Phi) is 4.78. The highest BCUT2D eigenvalue weighted by molar-refractivity contribution is 5.76. The van der Waals surface area contributed by atoms with Crippen molar-refractivity contribution in [1.29, 1.82) is 0 Å². The van der Waals surface area contributed by atoms with Crippen LogP contribution in [0.2, 0.25) is 0 Å². The number of hydrogen-bond donors (Lipinski definition) is 4. The highest BCUT2D eigenvalue weighted by Crippen LogP contribution is 2.28. The lowest BCUT2D eigenvalue weighted by Gasteiger charge is -2.43. The minimum atomic E-state index is -1.01. The zero-order valence-corrected chi connectivity index (χ0v) is 11.3. The summed E-state index contributed by atoms with van der Waals surface area (Å²) in [4.78, 5) is 13.7. The first kappa shape index (κ1) is 14.7. The molecule has 2 heterocycles. The minimum absolute atomic E-state index is 0.0868. The third-order valence-corrected chi connectivity index (χ3v) is 4.17. The number of piperidine rings is 1. The zero-order chi connectivity index (χ0) is 14.0. The van der Waals surface area contributed by atoms with Gasteiger partial charge in [-0.2, -0.15) is 0 Å². The molecule has 0 spiro atoms. The van der Waals surface area contributed by atoms with E-state index in [-0.39, 0.29) is 5.91 Å². The van der Waals surface area contributed by atoms with Gasteiger partial charge in [0.25, 0.3) is 0 Å². The van der Waals surface area contributed by atoms with E-state index in [0.29, 0.717) is 25.9 Å². The number of fused-ring (bicyclic) bond motifs is 1. The molecule has 19 heavy (non-hydrogen) atoms. The first-order valence-electron chi connectivity index (χ1n) is 7.12. The summed E-state index contributed by atoms with van der Waals surface area (Å²) in [5.41, 5.74) is 0. The van der Waals surface area contributed by atoms with Crippen LogP contribution in [0.4, 0.5) is 0 Å². The van der Waals surface area contributed by atoms with Gasteiger partial charge in [0.05, 0.1) is 24.3 Å². The number of nitrogens with zero attached hydrogens (tertiary/aromatic N) is 1. The Hall–Kier alpha value is -0.690. The molecule has 0 aromatic heterocycles. The summed E-state index contributed by atoms with van der Waals surface area (Å²) < 4.78 is 0. The van der Waals surface area contributed by atoms with Crippen molar-refractivity contribution in [3.8, 4) is 0 Å². The van der Waals surface area contributed by atoms with E-state index < -0.39 is 30.4 Å². The third-order valence-electron chi connectivity index (χ3n) is 4.17. The number of aliphatic hydroxyl groups excluding tert-OH is 3. The Morgan fingerprint density at radius 1 is 1.32 bits per heavy atom. The van der Waals surface area contributed by atoms with Crippen LogP contribution in [0, 0.1) is 0 Å². The second kappa shape index (κ2) is 6.17. The van der Waals surface area contributed by atoms with E-state index >= 15 is 0 Å². The average molecular weight is 272 g/mol. The molecular formula is C13H24N2O4. The van der Waals surface area contributed by atoms with E-state index in [0.717, 1.165) is 12.8 Å². The van der Waals surface area contributed by atoms with E-state index in [1.807, 2.05) is 11.8 Å². The predicted molar refractivity (Wildman–Crippen MR) is 69.5 cm³/mol. The zero-order valence-electron chi connectivity index (χ0n) is 11.3. The Labute approximate surface area is 113 Å². The lowest BCUT2D eigenvalue weighted by molar-refractivity contribution is -0.129. The number of rotatable bonds is 4. The quantitative estimate of drug-likeness (QED) is 0.518. The molecule has 0 aromatic carbocycles. The maximum Gasteiger partial charge on any atom is 0.220 e. The van der Waals surface area contributed by atoms with Crippen molar-refractivity contribution in [2.24, 2.45) is 0 Å². The Morgan fingerprint density at radius 3 is 2.74 bits per heavy atom. The molecule has 0 aliphatic carbocycles. The summed E-state index contributed by atoms with van der Waals surface area (Å²) in [5, 5.41) is 32.7. The molecule has 110 valence electrons. The summed E-state index contributed by atoms with van der Waals surface area (Å²) in [5.74, 6) is -0.0868. The molecular weight excluding hydrogens is 248 g/mol. The number of aliphatic hydroxyl groups is 3. The molecule has 4 N–H and O–H groups in total. The van der Waals surface area contributed by atoms with E-state index in [4.69, 9.17) is 0 Å². The van der Waals surface area contributed by atoms with Crippen LogP contribution in [0.25, 0.3) is 0 Å². The highest BCUT2D eigenvalue weighted by atomic mass is 16.3. The Balaban J connectivity index is 1.94. The van der Waals surface area contributed by atoms with Crippen LogP contribution in [0.1, 0.15) is 32.6 Å². The summed E-state index contributed by atoms with van der Waals surface area (Å²) in [6.45, 7) is 3.19. The first-order chi connectivity index (χ1) is 9.04. The van der Waals surface area contributed by atoms with Crippen molar-refractivity contribution in [2.75, 3.05) is 13.1 Å². The molecule has 0 aromatic rings. The normalized spacial score (nSPS) is 39.1. The van der Waals surface area contributed by atoms with Crippen molar-refractivity contribution in [3.63, 3.8) is 0 Å². The van der Waals surface area contributed by atoms with Crippen LogP contribution in [0.5, 0.6) is 0 Å². The molecule has 2 saturated heterocycles. The van der Waals surface area contributed by atoms with Gasteiger partial charge in [-0.1, -0.05) is 13.3 Å². The molecule has 1 amide bonds. The van der Waals surface area contributed by atoms with Crippen molar-refractivity contribution < 1.29 is 20.1 Å². The molecule has 2 rings (SSSR count). The topological polar surface area (TPSA) is 93.0 Å². The smallest absolute Gasteiger partial charge is 0.220 e. The van der Waals surface area contributed by atoms with Gasteiger partial charge in [0.15, 0.2) is 0 Å². The number of carbonyl (C=O) groups is 1. The van der Waals surface area contributed by atoms with Crippen molar-refractivity contribution >= 4 is 5.91 Å². The maximum atomic E-state index is 11.7. The van der Waals surface area contributed by atoms with Crippen LogP contribution in [0.15, 0.2) is 0 Å². The average Bonchev–Trinajstić information content (AvgIpc) is 2.74. The standard InChI is InChI=1S/C13H24N2O4/c1-2-3-4-10(17)14-8-7-15-6-5-9(16)11(15)13(19)12(8)18/h8-9,11-13,16,18-19H,2-7H2,1H3,(H,14,17)/t8-,9-,11+,12+,13+/m0/s1. The van der Waals surface area contributed by atoms with Gasteiger partial charge in [0.1, 0.15) is 6.10 Å². The molecule has 5 atom stereocenters. The molecule has 6 heteroatoms. The van der Waals surface area contributed by atoms with Gasteiger partial charge in [-0.05, 0) is 12.8 Å². The second-order valence-corrected chi connectivity index (χ2v) is 5.60. The molecule has 2 fully saturated rings. The number of unbranched alkanes of at least 4 members (excludes halogenated alkanes) is 1. The second-order valence-electron chi connectivity index (χ2n) is 5.60. The van der Waals surface area contributed by atoms with Gasteiger partial charge in [0.2, 0.25) is 5.91 Å². The van der Waals surface area contributed by atoms with E-state index in [2.05, 4.69) is 5.32 Å². The summed E-state index contributed by atoms with van der Waals surface area (Å²) in [6.07, 6.45) is 0.197. The first-order valence-corrected chi connectivity index (χ1v) is 7.12. The van der Waals surface area contributed by atoms with Crippen molar-refractivity contribution in [2.45, 2.75) is 63.0 Å². The number of amides is 1. The predicted octanol–water partition coefficient (Wildman–Crippen LogP) is -1.17. The molecule has 0 radical (unpaired) electrons. The van der Waals surface area contributed by atoms with Crippen molar-refractivity contribution in [3.05, 3.63) is 0 Å². The van der Waals surface area contributed by atoms with Crippen LogP contribution in [-0.4, -0.2) is 69.6 Å². The fourth-order valence-electron chi connectivity index (χ4n) is 3.07. The van der Waals surface area contributed by atoms with Gasteiger partial charge >= 0.3 is 0 Å². The lowest BCUT2D eigenvalue weighted by Crippen LogP contribution is -2.65. The maximum absolute atomic E-state index is 11.7. The summed E-state index contributed by atoms with van der Waals surface area (Å²) >= 11 is 0. The molecule has 0 bridgehead atoms. The Bertz CT molecular complexity index is 326. The van der Waals surface area contributed by atoms with E-state index in [1.54, 1.807) is 0 Å². The molecule has 2 aliphatic heterocycles. The molecule has 2 aliphatic rings. The molecule has 6 nitrogen and oxygen atoms in total. The van der Waals surface area contributed by atoms with Crippen molar-refractivity contribution in [1.82, 2.24) is 10.2 Å². The minimum Gasteiger partial charge on any atom is -0.391 e. The molecule has 0 saturated carbocycles. The van der Waals surface area contributed by atoms with E-state index in [1.165, 1.54) is 0 Å². The fraction of sp³-hybridized carbons (Fsp3) is 0.923. The highest BCUT2D eigenvalue weighted by Gasteiger charge is 2.48. The lowest BCUT2D eigenvalue weighted by atomic mass is 9.91. The Morgan fingerprint density at radius 2 is 2.05 bits per heavy atom. The van der Waals surface area contributed by atoms with Crippen LogP contribution in [0.3, 0.4) is 0 Å². The van der Waals surface area contributed by atoms with Crippen LogP contribution in [-0.2, 0) is 4.79 Å². The van der Waals surface area contributed by atoms with Gasteiger partial charge in [-0.15, -0.1) is 0 Å². The fourth-order valence-corrected chi connectivity index (χ4v) is 3.07. The number of carbonyl (C=O) groups excluding carboxylic acids is 1. The monoisotopic (exact) mass is 272 g/mol. The van der Waals surface area contributed by atoms with Gasteiger partial charge < -0.3 is 20.6 Å². The SMILES string of the molecule is CCCCC(=O)N[C@H]1CN2CC[C@H](O)[C@@H]2[C@@H](O)[C@@H]1O. The van der Waals surface area contributed by atoms with E-state index in [9.17, 15) is 20.1 Å².